The molecule has 3 heterocycles. The highest BCUT2D eigenvalue weighted by Gasteiger charge is 2.33. The fraction of sp³-hybridized carbons (Fsp3) is 0.333. The number of carbonyl (C=O) groups excluding carboxylic acids is 2. The van der Waals surface area contributed by atoms with Gasteiger partial charge in [0.1, 0.15) is 11.6 Å². The molecule has 0 spiro atoms. The van der Waals surface area contributed by atoms with Gasteiger partial charge in [-0.2, -0.15) is 0 Å². The van der Waals surface area contributed by atoms with Crippen LogP contribution in [0.5, 0.6) is 0 Å². The number of tetrazole rings is 1. The highest BCUT2D eigenvalue weighted by Crippen LogP contribution is 2.33. The molecule has 2 atom stereocenters. The lowest BCUT2D eigenvalue weighted by Gasteiger charge is -2.29. The van der Waals surface area contributed by atoms with Gasteiger partial charge in [0.15, 0.2) is 11.4 Å². The van der Waals surface area contributed by atoms with Gasteiger partial charge in [0, 0.05) is 35.3 Å². The summed E-state index contributed by atoms with van der Waals surface area (Å²) >= 11 is 0. The van der Waals surface area contributed by atoms with Crippen molar-refractivity contribution in [3.8, 4) is 22.8 Å². The fourth-order valence-electron chi connectivity index (χ4n) is 5.70. The van der Waals surface area contributed by atoms with E-state index in [1.807, 2.05) is 80.6 Å². The number of nitrogens with zero attached hydrogens (tertiary/aromatic N) is 5. The summed E-state index contributed by atoms with van der Waals surface area (Å²) in [4.78, 5) is 33.7. The fourth-order valence-corrected chi connectivity index (χ4v) is 5.70. The molecule has 13 nitrogen and oxygen atoms in total. The second-order valence-electron chi connectivity index (χ2n) is 12.1. The Labute approximate surface area is 265 Å². The molecule has 0 fully saturated rings. The lowest BCUT2D eigenvalue weighted by molar-refractivity contribution is -0.128. The molecule has 5 aromatic rings. The van der Waals surface area contributed by atoms with Crippen LogP contribution in [-0.4, -0.2) is 78.5 Å². The molecule has 1 aliphatic heterocycles. The number of β-amino-alcohol motifs (C(OH)–C–C–N with tert-alkyl or cyclic N) is 1. The molecule has 0 unspecified atom stereocenters. The first-order valence-electron chi connectivity index (χ1n) is 15.2. The molecule has 0 radical (unpaired) electrons. The second-order valence-corrected chi connectivity index (χ2v) is 12.1. The number of rotatable bonds is 11. The minimum absolute atomic E-state index is 0.0864. The standard InChI is InChI=1S/C33H36N8O5/c1-33(2,34-17-22(43)19-42)16-29(44)35-25-13-12-21-7-3-6-10-27(21)41(32(25)45)18-20-11-14-28-26(15-20)36-31(46-28)24-9-5-4-8-23(24)30-37-39-40-38-30/h3-11,14-15,22,25,34,42-43H,12-13,16-19H2,1-2H3,(H,35,44)(H,37,38,39,40)/t22-,25+/m0/s1. The van der Waals surface area contributed by atoms with E-state index < -0.39 is 17.7 Å². The van der Waals surface area contributed by atoms with Gasteiger partial charge in [-0.15, -0.1) is 5.10 Å². The molecule has 3 aromatic carbocycles. The lowest BCUT2D eigenvalue weighted by atomic mass is 9.99. The first-order chi connectivity index (χ1) is 22.2. The van der Waals surface area contributed by atoms with E-state index in [2.05, 4.69) is 31.3 Å². The molecule has 0 bridgehead atoms. The number of aromatic amines is 1. The van der Waals surface area contributed by atoms with Crippen LogP contribution in [0.25, 0.3) is 33.9 Å². The molecule has 1 aliphatic rings. The van der Waals surface area contributed by atoms with Crippen LogP contribution in [0.4, 0.5) is 5.69 Å². The molecule has 0 aliphatic carbocycles. The number of benzene rings is 3. The molecule has 0 saturated heterocycles. The minimum atomic E-state index is -0.923. The summed E-state index contributed by atoms with van der Waals surface area (Å²) in [7, 11) is 0. The van der Waals surface area contributed by atoms with Crippen molar-refractivity contribution in [2.45, 2.75) is 57.3 Å². The van der Waals surface area contributed by atoms with Gasteiger partial charge in [0.05, 0.1) is 19.3 Å². The van der Waals surface area contributed by atoms with E-state index in [4.69, 9.17) is 14.5 Å². The molecule has 46 heavy (non-hydrogen) atoms. The van der Waals surface area contributed by atoms with Crippen molar-refractivity contribution >= 4 is 28.6 Å². The summed E-state index contributed by atoms with van der Waals surface area (Å²) in [5, 5.41) is 39.0. The SMILES string of the molecule is CC(C)(CC(=O)N[C@@H]1CCc2ccccc2N(Cc2ccc3oc(-c4ccccc4-c4nnn[nH]4)nc3c2)C1=O)NC[C@H](O)CO. The zero-order valence-electron chi connectivity index (χ0n) is 25.6. The largest absolute Gasteiger partial charge is 0.436 e. The molecule has 2 aromatic heterocycles. The Morgan fingerprint density at radius 2 is 1.91 bits per heavy atom. The number of anilines is 1. The lowest BCUT2D eigenvalue weighted by Crippen LogP contribution is -2.51. The van der Waals surface area contributed by atoms with Gasteiger partial charge in [0.2, 0.25) is 17.7 Å². The molecule has 13 heteroatoms. The Kier molecular flexibility index (Phi) is 8.88. The van der Waals surface area contributed by atoms with Crippen LogP contribution in [-0.2, 0) is 22.6 Å². The number of nitrogens with one attached hydrogen (secondary N) is 3. The van der Waals surface area contributed by atoms with E-state index in [0.717, 1.165) is 27.9 Å². The first kappa shape index (κ1) is 31.0. The average molecular weight is 625 g/mol. The third-order valence-electron chi connectivity index (χ3n) is 8.06. The second kappa shape index (κ2) is 13.2. The number of aliphatic hydroxyl groups excluding tert-OH is 2. The van der Waals surface area contributed by atoms with Crippen molar-refractivity contribution in [2.24, 2.45) is 0 Å². The molecular formula is C33H36N8O5. The monoisotopic (exact) mass is 624 g/mol. The maximum absolute atomic E-state index is 14.1. The Balaban J connectivity index is 1.23. The Morgan fingerprint density at radius 1 is 1.13 bits per heavy atom. The smallest absolute Gasteiger partial charge is 0.249 e. The number of carbonyl (C=O) groups is 2. The molecule has 2 amide bonds. The summed E-state index contributed by atoms with van der Waals surface area (Å²) in [6, 6.07) is 20.3. The van der Waals surface area contributed by atoms with E-state index >= 15 is 0 Å². The van der Waals surface area contributed by atoms with E-state index in [1.165, 1.54) is 0 Å². The van der Waals surface area contributed by atoms with Crippen molar-refractivity contribution in [2.75, 3.05) is 18.1 Å². The Hall–Kier alpha value is -4.98. The maximum atomic E-state index is 14.1. The Morgan fingerprint density at radius 3 is 2.70 bits per heavy atom. The van der Waals surface area contributed by atoms with Gasteiger partial charge in [-0.1, -0.05) is 42.5 Å². The third-order valence-corrected chi connectivity index (χ3v) is 8.06. The van der Waals surface area contributed by atoms with Crippen LogP contribution in [0.2, 0.25) is 0 Å². The maximum Gasteiger partial charge on any atom is 0.249 e. The van der Waals surface area contributed by atoms with E-state index in [0.29, 0.717) is 35.7 Å². The zero-order valence-corrected chi connectivity index (χ0v) is 25.6. The molecule has 6 rings (SSSR count). The van der Waals surface area contributed by atoms with Gasteiger partial charge in [-0.05, 0) is 72.5 Å². The average Bonchev–Trinajstić information content (AvgIpc) is 3.72. The first-order valence-corrected chi connectivity index (χ1v) is 15.2. The summed E-state index contributed by atoms with van der Waals surface area (Å²) in [5.41, 5.74) is 4.74. The third kappa shape index (κ3) is 6.81. The van der Waals surface area contributed by atoms with Crippen molar-refractivity contribution in [1.82, 2.24) is 36.2 Å². The van der Waals surface area contributed by atoms with E-state index in [9.17, 15) is 14.7 Å². The number of oxazole rings is 1. The number of para-hydroxylation sites is 1. The summed E-state index contributed by atoms with van der Waals surface area (Å²) < 4.78 is 6.12. The van der Waals surface area contributed by atoms with Gasteiger partial charge < -0.3 is 30.2 Å². The predicted molar refractivity (Wildman–Crippen MR) is 170 cm³/mol. The highest BCUT2D eigenvalue weighted by atomic mass is 16.3. The van der Waals surface area contributed by atoms with Crippen molar-refractivity contribution in [3.05, 3.63) is 77.9 Å². The topological polar surface area (TPSA) is 182 Å². The summed E-state index contributed by atoms with van der Waals surface area (Å²) in [5.74, 6) is 0.439. The van der Waals surface area contributed by atoms with Crippen molar-refractivity contribution < 1.29 is 24.2 Å². The van der Waals surface area contributed by atoms with Crippen LogP contribution in [0, 0.1) is 0 Å². The molecule has 5 N–H and O–H groups in total. The summed E-state index contributed by atoms with van der Waals surface area (Å²) in [6.07, 6.45) is 0.248. The van der Waals surface area contributed by atoms with Crippen LogP contribution >= 0.6 is 0 Å². The number of hydrogen-bond acceptors (Lipinski definition) is 10. The van der Waals surface area contributed by atoms with Crippen molar-refractivity contribution in [3.63, 3.8) is 0 Å². The van der Waals surface area contributed by atoms with Crippen molar-refractivity contribution in [1.29, 1.82) is 0 Å². The minimum Gasteiger partial charge on any atom is -0.436 e. The number of aliphatic hydroxyl groups is 2. The quantitative estimate of drug-likeness (QED) is 0.147. The molecule has 0 saturated carbocycles. The van der Waals surface area contributed by atoms with E-state index in [1.54, 1.807) is 4.90 Å². The molecular weight excluding hydrogens is 588 g/mol. The molecule has 238 valence electrons. The van der Waals surface area contributed by atoms with Gasteiger partial charge in [-0.25, -0.2) is 10.1 Å². The number of aromatic nitrogens is 5. The van der Waals surface area contributed by atoms with Crippen LogP contribution in [0.3, 0.4) is 0 Å². The van der Waals surface area contributed by atoms with Crippen LogP contribution < -0.4 is 15.5 Å². The van der Waals surface area contributed by atoms with E-state index in [-0.39, 0.29) is 37.9 Å². The Bertz CT molecular complexity index is 1840. The normalized spacial score (nSPS) is 15.9. The number of hydrogen-bond donors (Lipinski definition) is 5. The van der Waals surface area contributed by atoms with Crippen LogP contribution in [0.1, 0.15) is 37.8 Å². The van der Waals surface area contributed by atoms with Gasteiger partial charge in [-0.3, -0.25) is 9.59 Å². The zero-order chi connectivity index (χ0) is 32.3. The highest BCUT2D eigenvalue weighted by molar-refractivity contribution is 6.00. The van der Waals surface area contributed by atoms with Gasteiger partial charge >= 0.3 is 0 Å². The number of H-pyrrole nitrogens is 1. The number of amides is 2. The van der Waals surface area contributed by atoms with Crippen LogP contribution in [0.15, 0.2) is 71.1 Å². The predicted octanol–water partition coefficient (Wildman–Crippen LogP) is 2.75. The van der Waals surface area contributed by atoms with Gasteiger partial charge in [0.25, 0.3) is 0 Å². The summed E-state index contributed by atoms with van der Waals surface area (Å²) in [6.45, 7) is 3.72. The number of aryl methyl sites for hydroxylation is 1. The number of fused-ring (bicyclic) bond motifs is 2.